The molecule has 1 aliphatic carbocycles. The van der Waals surface area contributed by atoms with Crippen LogP contribution in [0.3, 0.4) is 0 Å². The molecule has 0 saturated heterocycles. The fraction of sp³-hybridized carbons (Fsp3) is 0.529. The first-order valence-electron chi connectivity index (χ1n) is 8.41. The van der Waals surface area contributed by atoms with Crippen molar-refractivity contribution in [3.05, 3.63) is 29.8 Å². The van der Waals surface area contributed by atoms with Crippen LogP contribution in [0.1, 0.15) is 37.7 Å². The van der Waals surface area contributed by atoms with Gasteiger partial charge in [0.05, 0.1) is 4.90 Å². The molecular formula is C17H25N3O4S. The highest BCUT2D eigenvalue weighted by Crippen LogP contribution is 2.17. The molecule has 1 fully saturated rings. The Morgan fingerprint density at radius 1 is 1.04 bits per heavy atom. The molecular weight excluding hydrogens is 342 g/mol. The van der Waals surface area contributed by atoms with Crippen LogP contribution in [0.5, 0.6) is 0 Å². The number of hydrogen-bond donors (Lipinski definition) is 2. The molecule has 2 amide bonds. The number of hydrogen-bond acceptors (Lipinski definition) is 4. The molecule has 2 rings (SSSR count). The number of amides is 2. The normalized spacial score (nSPS) is 15.8. The summed E-state index contributed by atoms with van der Waals surface area (Å²) in [5.74, 6) is -1.28. The van der Waals surface area contributed by atoms with Crippen LogP contribution in [0.4, 0.5) is 0 Å². The zero-order chi connectivity index (χ0) is 18.4. The Kier molecular flexibility index (Phi) is 6.55. The Morgan fingerprint density at radius 3 is 2.20 bits per heavy atom. The summed E-state index contributed by atoms with van der Waals surface area (Å²) < 4.78 is 25.1. The lowest BCUT2D eigenvalue weighted by Gasteiger charge is -2.22. The van der Waals surface area contributed by atoms with Gasteiger partial charge in [-0.3, -0.25) is 9.59 Å². The Balaban J connectivity index is 1.86. The minimum absolute atomic E-state index is 0.0857. The van der Waals surface area contributed by atoms with Gasteiger partial charge in [0.2, 0.25) is 10.0 Å². The summed E-state index contributed by atoms with van der Waals surface area (Å²) in [6.07, 6.45) is 5.17. The number of nitrogens with one attached hydrogen (secondary N) is 2. The highest BCUT2D eigenvalue weighted by molar-refractivity contribution is 7.89. The molecule has 0 unspecified atom stereocenters. The largest absolute Gasteiger partial charge is 0.345 e. The minimum Gasteiger partial charge on any atom is -0.345 e. The molecule has 0 spiro atoms. The summed E-state index contributed by atoms with van der Waals surface area (Å²) in [5.41, 5.74) is 0.719. The first kappa shape index (κ1) is 19.4. The Morgan fingerprint density at radius 2 is 1.64 bits per heavy atom. The van der Waals surface area contributed by atoms with Gasteiger partial charge in [-0.15, -0.1) is 0 Å². The van der Waals surface area contributed by atoms with E-state index >= 15 is 0 Å². The molecule has 0 aromatic heterocycles. The molecule has 8 heteroatoms. The van der Waals surface area contributed by atoms with E-state index < -0.39 is 21.8 Å². The standard InChI is InChI=1S/C17H25N3O4S/c1-20(2)25(23,24)15-10-8-13(9-11-15)12-18-16(21)17(22)19-14-6-4-3-5-7-14/h8-11,14H,3-7,12H2,1-2H3,(H,18,21)(H,19,22). The number of nitrogens with zero attached hydrogens (tertiary/aromatic N) is 1. The predicted molar refractivity (Wildman–Crippen MR) is 94.2 cm³/mol. The van der Waals surface area contributed by atoms with Gasteiger partial charge in [-0.05, 0) is 30.5 Å². The molecule has 1 saturated carbocycles. The summed E-state index contributed by atoms with van der Waals surface area (Å²) in [6.45, 7) is 0.166. The van der Waals surface area contributed by atoms with E-state index in [-0.39, 0.29) is 17.5 Å². The van der Waals surface area contributed by atoms with E-state index in [1.54, 1.807) is 12.1 Å². The fourth-order valence-corrected chi connectivity index (χ4v) is 3.65. The van der Waals surface area contributed by atoms with E-state index in [4.69, 9.17) is 0 Å². The van der Waals surface area contributed by atoms with Crippen molar-refractivity contribution in [2.75, 3.05) is 14.1 Å². The lowest BCUT2D eigenvalue weighted by Crippen LogP contribution is -2.45. The SMILES string of the molecule is CN(C)S(=O)(=O)c1ccc(CNC(=O)C(=O)NC2CCCCC2)cc1. The van der Waals surface area contributed by atoms with Crippen molar-refractivity contribution < 1.29 is 18.0 Å². The lowest BCUT2D eigenvalue weighted by molar-refractivity contribution is -0.139. The molecule has 0 radical (unpaired) electrons. The molecule has 1 aromatic rings. The van der Waals surface area contributed by atoms with Crippen LogP contribution in [0.2, 0.25) is 0 Å². The molecule has 0 heterocycles. The number of benzene rings is 1. The van der Waals surface area contributed by atoms with Gasteiger partial charge in [0.1, 0.15) is 0 Å². The summed E-state index contributed by atoms with van der Waals surface area (Å²) in [4.78, 5) is 23.9. The average Bonchev–Trinajstić information content (AvgIpc) is 2.60. The van der Waals surface area contributed by atoms with Crippen molar-refractivity contribution in [1.29, 1.82) is 0 Å². The van der Waals surface area contributed by atoms with Crippen molar-refractivity contribution in [3.63, 3.8) is 0 Å². The molecule has 1 aliphatic rings. The van der Waals surface area contributed by atoms with Gasteiger partial charge >= 0.3 is 11.8 Å². The molecule has 138 valence electrons. The van der Waals surface area contributed by atoms with E-state index in [0.717, 1.165) is 35.6 Å². The molecule has 0 bridgehead atoms. The van der Waals surface area contributed by atoms with Gasteiger partial charge in [-0.25, -0.2) is 12.7 Å². The maximum Gasteiger partial charge on any atom is 0.309 e. The Bertz CT molecular complexity index is 708. The predicted octanol–water partition coefficient (Wildman–Crippen LogP) is 1.00. The van der Waals surface area contributed by atoms with Gasteiger partial charge in [0.25, 0.3) is 0 Å². The van der Waals surface area contributed by atoms with Crippen molar-refractivity contribution in [1.82, 2.24) is 14.9 Å². The smallest absolute Gasteiger partial charge is 0.309 e. The zero-order valence-corrected chi connectivity index (χ0v) is 15.4. The first-order chi connectivity index (χ1) is 11.8. The van der Waals surface area contributed by atoms with E-state index in [1.807, 2.05) is 0 Å². The number of carbonyl (C=O) groups excluding carboxylic acids is 2. The quantitative estimate of drug-likeness (QED) is 0.759. The van der Waals surface area contributed by atoms with E-state index in [2.05, 4.69) is 10.6 Å². The van der Waals surface area contributed by atoms with E-state index in [9.17, 15) is 18.0 Å². The molecule has 0 aliphatic heterocycles. The van der Waals surface area contributed by atoms with Gasteiger partial charge in [-0.1, -0.05) is 31.4 Å². The van der Waals surface area contributed by atoms with Crippen LogP contribution in [-0.4, -0.2) is 44.7 Å². The summed E-state index contributed by atoms with van der Waals surface area (Å²) in [5, 5.41) is 5.32. The second kappa shape index (κ2) is 8.44. The molecule has 0 atom stereocenters. The average molecular weight is 367 g/mol. The topological polar surface area (TPSA) is 95.6 Å². The van der Waals surface area contributed by atoms with E-state index in [0.29, 0.717) is 0 Å². The fourth-order valence-electron chi connectivity index (χ4n) is 2.75. The van der Waals surface area contributed by atoms with Crippen LogP contribution >= 0.6 is 0 Å². The van der Waals surface area contributed by atoms with E-state index in [1.165, 1.54) is 32.6 Å². The lowest BCUT2D eigenvalue weighted by atomic mass is 9.95. The van der Waals surface area contributed by atoms with Crippen LogP contribution in [0.15, 0.2) is 29.2 Å². The second-order valence-electron chi connectivity index (χ2n) is 6.42. The monoisotopic (exact) mass is 367 g/mol. The molecule has 1 aromatic carbocycles. The summed E-state index contributed by atoms with van der Waals surface area (Å²) in [6, 6.07) is 6.30. The van der Waals surface area contributed by atoms with Gasteiger partial charge < -0.3 is 10.6 Å². The molecule has 7 nitrogen and oxygen atoms in total. The summed E-state index contributed by atoms with van der Waals surface area (Å²) >= 11 is 0. The van der Waals surface area contributed by atoms with Crippen LogP contribution in [-0.2, 0) is 26.2 Å². The van der Waals surface area contributed by atoms with Gasteiger partial charge in [0, 0.05) is 26.7 Å². The Labute approximate surface area is 148 Å². The molecule has 2 N–H and O–H groups in total. The van der Waals surface area contributed by atoms with Crippen molar-refractivity contribution in [3.8, 4) is 0 Å². The Hall–Kier alpha value is -1.93. The third-order valence-electron chi connectivity index (χ3n) is 4.30. The number of carbonyl (C=O) groups is 2. The zero-order valence-electron chi connectivity index (χ0n) is 14.6. The highest BCUT2D eigenvalue weighted by Gasteiger charge is 2.20. The van der Waals surface area contributed by atoms with Crippen molar-refractivity contribution in [2.45, 2.75) is 49.6 Å². The highest BCUT2D eigenvalue weighted by atomic mass is 32.2. The maximum atomic E-state index is 12.0. The van der Waals surface area contributed by atoms with Crippen molar-refractivity contribution >= 4 is 21.8 Å². The van der Waals surface area contributed by atoms with Crippen LogP contribution < -0.4 is 10.6 Å². The minimum atomic E-state index is -3.47. The van der Waals surface area contributed by atoms with Crippen LogP contribution in [0.25, 0.3) is 0 Å². The van der Waals surface area contributed by atoms with Crippen LogP contribution in [0, 0.1) is 0 Å². The van der Waals surface area contributed by atoms with Crippen molar-refractivity contribution in [2.24, 2.45) is 0 Å². The first-order valence-corrected chi connectivity index (χ1v) is 9.85. The number of rotatable bonds is 5. The maximum absolute atomic E-state index is 12.0. The summed E-state index contributed by atoms with van der Waals surface area (Å²) in [7, 11) is -0.540. The van der Waals surface area contributed by atoms with Gasteiger partial charge in [0.15, 0.2) is 0 Å². The van der Waals surface area contributed by atoms with Gasteiger partial charge in [-0.2, -0.15) is 0 Å². The third kappa shape index (κ3) is 5.27. The second-order valence-corrected chi connectivity index (χ2v) is 8.57. The molecule has 25 heavy (non-hydrogen) atoms. The third-order valence-corrected chi connectivity index (χ3v) is 6.13. The number of sulfonamides is 1.